The number of hydrogen-bond donors (Lipinski definition) is 1. The van der Waals surface area contributed by atoms with Gasteiger partial charge < -0.3 is 15.0 Å². The summed E-state index contributed by atoms with van der Waals surface area (Å²) in [6.45, 7) is 8.81. The molecule has 0 atom stereocenters. The van der Waals surface area contributed by atoms with Crippen LogP contribution in [0.15, 0.2) is 48.5 Å². The van der Waals surface area contributed by atoms with Gasteiger partial charge in [0.1, 0.15) is 5.75 Å². The Labute approximate surface area is 144 Å². The van der Waals surface area contributed by atoms with Crippen LogP contribution in [0.3, 0.4) is 0 Å². The van der Waals surface area contributed by atoms with E-state index >= 15 is 0 Å². The summed E-state index contributed by atoms with van der Waals surface area (Å²) in [6.07, 6.45) is 0. The number of nitrogens with one attached hydrogen (secondary N) is 1. The lowest BCUT2D eigenvalue weighted by atomic mass is 10.1. The van der Waals surface area contributed by atoms with Gasteiger partial charge in [-0.15, -0.1) is 0 Å². The minimum Gasteiger partial charge on any atom is -0.473 e. The third-order valence-corrected chi connectivity index (χ3v) is 4.09. The molecule has 0 fully saturated rings. The first-order valence-electron chi connectivity index (χ1n) is 8.26. The minimum atomic E-state index is -0.126. The fraction of sp³-hybridized carbons (Fsp3) is 0.350. The van der Waals surface area contributed by atoms with Gasteiger partial charge in [-0.25, -0.2) is 4.79 Å². The van der Waals surface area contributed by atoms with Crippen molar-refractivity contribution in [3.63, 3.8) is 0 Å². The fourth-order valence-corrected chi connectivity index (χ4v) is 2.43. The fourth-order valence-electron chi connectivity index (χ4n) is 2.43. The highest BCUT2D eigenvalue weighted by atomic mass is 16.5. The quantitative estimate of drug-likeness (QED) is 0.806. The Balaban J connectivity index is 1.92. The molecule has 0 aromatic heterocycles. The third kappa shape index (κ3) is 4.75. The van der Waals surface area contributed by atoms with E-state index in [0.29, 0.717) is 6.54 Å². The zero-order valence-corrected chi connectivity index (χ0v) is 14.9. The van der Waals surface area contributed by atoms with Crippen LogP contribution < -0.4 is 10.1 Å². The SMILES string of the molecule is Cc1cccc(OCNC(=O)N(Cc2ccccc2)C(C)C)c1C. The summed E-state index contributed by atoms with van der Waals surface area (Å²) in [5.74, 6) is 0.800. The summed E-state index contributed by atoms with van der Waals surface area (Å²) in [7, 11) is 0. The summed E-state index contributed by atoms with van der Waals surface area (Å²) in [6, 6.07) is 15.9. The van der Waals surface area contributed by atoms with Crippen molar-refractivity contribution in [1.29, 1.82) is 0 Å². The van der Waals surface area contributed by atoms with Crippen molar-refractivity contribution in [2.75, 3.05) is 6.73 Å². The van der Waals surface area contributed by atoms with E-state index in [4.69, 9.17) is 4.74 Å². The van der Waals surface area contributed by atoms with Gasteiger partial charge >= 0.3 is 6.03 Å². The van der Waals surface area contributed by atoms with Gasteiger partial charge in [0, 0.05) is 12.6 Å². The lowest BCUT2D eigenvalue weighted by molar-refractivity contribution is 0.168. The number of nitrogens with zero attached hydrogens (tertiary/aromatic N) is 1. The van der Waals surface area contributed by atoms with E-state index in [1.807, 2.05) is 76.2 Å². The van der Waals surface area contributed by atoms with Crippen LogP contribution in [0.2, 0.25) is 0 Å². The van der Waals surface area contributed by atoms with E-state index in [2.05, 4.69) is 5.32 Å². The summed E-state index contributed by atoms with van der Waals surface area (Å²) in [5, 5.41) is 2.84. The average Bonchev–Trinajstić information content (AvgIpc) is 2.57. The summed E-state index contributed by atoms with van der Waals surface area (Å²) >= 11 is 0. The number of carbonyl (C=O) groups excluding carboxylic acids is 1. The Hall–Kier alpha value is -2.49. The van der Waals surface area contributed by atoms with Crippen LogP contribution in [0, 0.1) is 13.8 Å². The Kier molecular flexibility index (Phi) is 6.24. The van der Waals surface area contributed by atoms with E-state index in [-0.39, 0.29) is 18.8 Å². The molecule has 0 saturated carbocycles. The highest BCUT2D eigenvalue weighted by molar-refractivity contribution is 5.74. The molecule has 24 heavy (non-hydrogen) atoms. The molecule has 0 aliphatic heterocycles. The zero-order valence-electron chi connectivity index (χ0n) is 14.9. The normalized spacial score (nSPS) is 10.5. The number of hydrogen-bond acceptors (Lipinski definition) is 2. The van der Waals surface area contributed by atoms with Gasteiger partial charge in [0.15, 0.2) is 6.73 Å². The molecular formula is C20H26N2O2. The van der Waals surface area contributed by atoms with Gasteiger partial charge in [0.2, 0.25) is 0 Å². The molecule has 2 rings (SSSR count). The van der Waals surface area contributed by atoms with E-state index in [1.165, 1.54) is 5.56 Å². The van der Waals surface area contributed by atoms with Gasteiger partial charge in [0.05, 0.1) is 0 Å². The molecule has 0 bridgehead atoms. The number of ether oxygens (including phenoxy) is 1. The summed E-state index contributed by atoms with van der Waals surface area (Å²) in [4.78, 5) is 14.3. The van der Waals surface area contributed by atoms with E-state index in [9.17, 15) is 4.79 Å². The second kappa shape index (κ2) is 8.39. The molecular weight excluding hydrogens is 300 g/mol. The minimum absolute atomic E-state index is 0.103. The molecule has 2 aromatic rings. The highest BCUT2D eigenvalue weighted by Gasteiger charge is 2.17. The third-order valence-electron chi connectivity index (χ3n) is 4.09. The van der Waals surface area contributed by atoms with Crippen LogP contribution in [-0.2, 0) is 6.54 Å². The van der Waals surface area contributed by atoms with E-state index in [1.54, 1.807) is 4.90 Å². The highest BCUT2D eigenvalue weighted by Crippen LogP contribution is 2.20. The molecule has 4 nitrogen and oxygen atoms in total. The Morgan fingerprint density at radius 3 is 2.46 bits per heavy atom. The summed E-state index contributed by atoms with van der Waals surface area (Å²) < 4.78 is 5.71. The Bertz CT molecular complexity index is 669. The molecule has 0 aliphatic carbocycles. The van der Waals surface area contributed by atoms with Gasteiger partial charge in [-0.1, -0.05) is 42.5 Å². The monoisotopic (exact) mass is 326 g/mol. The first kappa shape index (κ1) is 17.9. The van der Waals surface area contributed by atoms with Crippen LogP contribution in [0.5, 0.6) is 5.75 Å². The number of carbonyl (C=O) groups is 1. The van der Waals surface area contributed by atoms with Gasteiger partial charge in [-0.3, -0.25) is 0 Å². The Morgan fingerprint density at radius 1 is 1.08 bits per heavy atom. The lowest BCUT2D eigenvalue weighted by Crippen LogP contribution is -2.44. The predicted molar refractivity (Wildman–Crippen MR) is 97.1 cm³/mol. The number of amides is 2. The molecule has 2 aromatic carbocycles. The summed E-state index contributed by atoms with van der Waals surface area (Å²) in [5.41, 5.74) is 3.38. The molecule has 0 unspecified atom stereocenters. The first-order chi connectivity index (χ1) is 11.5. The van der Waals surface area contributed by atoms with Gasteiger partial charge in [-0.05, 0) is 50.5 Å². The number of rotatable bonds is 6. The molecule has 128 valence electrons. The van der Waals surface area contributed by atoms with Gasteiger partial charge in [-0.2, -0.15) is 0 Å². The second-order valence-corrected chi connectivity index (χ2v) is 6.18. The van der Waals surface area contributed by atoms with Crippen molar-refractivity contribution in [2.45, 2.75) is 40.3 Å². The maximum Gasteiger partial charge on any atom is 0.320 e. The molecule has 0 radical (unpaired) electrons. The van der Waals surface area contributed by atoms with Crippen LogP contribution in [-0.4, -0.2) is 23.7 Å². The Morgan fingerprint density at radius 2 is 1.79 bits per heavy atom. The predicted octanol–water partition coefficient (Wildman–Crippen LogP) is 4.26. The molecule has 0 aliphatic rings. The molecule has 1 N–H and O–H groups in total. The largest absolute Gasteiger partial charge is 0.473 e. The van der Waals surface area contributed by atoms with Crippen molar-refractivity contribution in [2.24, 2.45) is 0 Å². The average molecular weight is 326 g/mol. The van der Waals surface area contributed by atoms with Crippen LogP contribution in [0.25, 0.3) is 0 Å². The van der Waals surface area contributed by atoms with Crippen molar-refractivity contribution >= 4 is 6.03 Å². The van der Waals surface area contributed by atoms with Crippen molar-refractivity contribution < 1.29 is 9.53 Å². The maximum absolute atomic E-state index is 12.5. The topological polar surface area (TPSA) is 41.6 Å². The number of benzene rings is 2. The van der Waals surface area contributed by atoms with Crippen LogP contribution >= 0.6 is 0 Å². The smallest absolute Gasteiger partial charge is 0.320 e. The standard InChI is InChI=1S/C20H26N2O2/c1-15(2)22(13-18-10-6-5-7-11-18)20(23)21-14-24-19-12-8-9-16(3)17(19)4/h5-12,15H,13-14H2,1-4H3,(H,21,23). The van der Waals surface area contributed by atoms with Crippen LogP contribution in [0.4, 0.5) is 4.79 Å². The van der Waals surface area contributed by atoms with Crippen LogP contribution in [0.1, 0.15) is 30.5 Å². The maximum atomic E-state index is 12.5. The van der Waals surface area contributed by atoms with Gasteiger partial charge in [0.25, 0.3) is 0 Å². The molecule has 0 heterocycles. The molecule has 4 heteroatoms. The molecule has 0 spiro atoms. The van der Waals surface area contributed by atoms with Crippen molar-refractivity contribution in [3.05, 3.63) is 65.2 Å². The van der Waals surface area contributed by atoms with Crippen molar-refractivity contribution in [1.82, 2.24) is 10.2 Å². The first-order valence-corrected chi connectivity index (χ1v) is 8.26. The number of urea groups is 1. The zero-order chi connectivity index (χ0) is 17.5. The second-order valence-electron chi connectivity index (χ2n) is 6.18. The molecule has 2 amide bonds. The van der Waals surface area contributed by atoms with E-state index < -0.39 is 0 Å². The van der Waals surface area contributed by atoms with E-state index in [0.717, 1.165) is 16.9 Å². The number of aryl methyl sites for hydroxylation is 1. The van der Waals surface area contributed by atoms with Crippen molar-refractivity contribution in [3.8, 4) is 5.75 Å². The lowest BCUT2D eigenvalue weighted by Gasteiger charge is -2.27. The molecule has 0 saturated heterocycles.